The number of nitrogens with one attached hydrogen (secondary N) is 1. The van der Waals surface area contributed by atoms with Crippen LogP contribution in [0.25, 0.3) is 0 Å². The number of benzene rings is 2. The number of anilines is 1. The number of hydrogen-bond acceptors (Lipinski definition) is 7. The molecule has 12 heteroatoms. The number of carbonyl (C=O) groups excluding carboxylic acids is 2. The monoisotopic (exact) mass is 548 g/mol. The average Bonchev–Trinajstić information content (AvgIpc) is 2.81. The molecule has 0 heterocycles. The van der Waals surface area contributed by atoms with Crippen molar-refractivity contribution >= 4 is 33.2 Å². The standard InChI is InChI=1S/C26H36N4O7S/c1-8-22(25(32)27-26(3,4)5)28(16-19-10-13-21(37-6)14-11-19)24(31)17-29(38(7,35)36)23-15-20(30(33)34)12-9-18(23)2/h9-15,22H,8,16-17H2,1-7H3,(H,27,32). The normalized spacial score (nSPS) is 12.4. The second kappa shape index (κ2) is 12.2. The van der Waals surface area contributed by atoms with Crippen LogP contribution in [0.2, 0.25) is 0 Å². The van der Waals surface area contributed by atoms with E-state index in [0.29, 0.717) is 16.9 Å². The molecule has 0 fully saturated rings. The number of nitro groups is 1. The van der Waals surface area contributed by atoms with E-state index in [-0.39, 0.29) is 30.2 Å². The molecule has 1 N–H and O–H groups in total. The van der Waals surface area contributed by atoms with Gasteiger partial charge in [0, 0.05) is 24.2 Å². The van der Waals surface area contributed by atoms with Crippen LogP contribution >= 0.6 is 0 Å². The van der Waals surface area contributed by atoms with Gasteiger partial charge in [-0.1, -0.05) is 25.1 Å². The van der Waals surface area contributed by atoms with Gasteiger partial charge >= 0.3 is 0 Å². The van der Waals surface area contributed by atoms with Gasteiger partial charge in [-0.2, -0.15) is 0 Å². The SMILES string of the molecule is CCC(C(=O)NC(C)(C)C)N(Cc1ccc(OC)cc1)C(=O)CN(c1cc([N+](=O)[O-])ccc1C)S(C)(=O)=O. The van der Waals surface area contributed by atoms with E-state index in [9.17, 15) is 28.1 Å². The predicted octanol–water partition coefficient (Wildman–Crippen LogP) is 3.40. The number of nitro benzene ring substituents is 1. The molecule has 0 aliphatic rings. The molecule has 0 bridgehead atoms. The molecule has 0 radical (unpaired) electrons. The van der Waals surface area contributed by atoms with Crippen LogP contribution in [0, 0.1) is 17.0 Å². The number of sulfonamides is 1. The Morgan fingerprint density at radius 3 is 2.21 bits per heavy atom. The van der Waals surface area contributed by atoms with Gasteiger partial charge in [-0.15, -0.1) is 0 Å². The van der Waals surface area contributed by atoms with Gasteiger partial charge in [-0.05, 0) is 57.4 Å². The number of ether oxygens (including phenoxy) is 1. The van der Waals surface area contributed by atoms with Crippen molar-refractivity contribution in [1.29, 1.82) is 0 Å². The molecule has 0 spiro atoms. The van der Waals surface area contributed by atoms with Crippen LogP contribution in [0.5, 0.6) is 5.75 Å². The number of methoxy groups -OCH3 is 1. The fraction of sp³-hybridized carbons (Fsp3) is 0.462. The number of nitrogens with zero attached hydrogens (tertiary/aromatic N) is 3. The molecule has 0 aliphatic heterocycles. The molecular weight excluding hydrogens is 512 g/mol. The molecule has 38 heavy (non-hydrogen) atoms. The summed E-state index contributed by atoms with van der Waals surface area (Å²) >= 11 is 0. The molecule has 2 aromatic rings. The Bertz CT molecular complexity index is 1270. The van der Waals surface area contributed by atoms with Crippen molar-refractivity contribution in [1.82, 2.24) is 10.2 Å². The van der Waals surface area contributed by atoms with E-state index in [1.807, 2.05) is 20.8 Å². The van der Waals surface area contributed by atoms with Gasteiger partial charge in [0.15, 0.2) is 0 Å². The third kappa shape index (κ3) is 8.17. The molecule has 0 aromatic heterocycles. The van der Waals surface area contributed by atoms with Gasteiger partial charge in [-0.3, -0.25) is 24.0 Å². The Hall–Kier alpha value is -3.67. The van der Waals surface area contributed by atoms with Crippen molar-refractivity contribution in [2.75, 3.05) is 24.2 Å². The number of aryl methyl sites for hydroxylation is 1. The zero-order chi connectivity index (χ0) is 28.8. The van der Waals surface area contributed by atoms with Gasteiger partial charge in [0.25, 0.3) is 5.69 Å². The summed E-state index contributed by atoms with van der Waals surface area (Å²) < 4.78 is 31.6. The van der Waals surface area contributed by atoms with E-state index in [0.717, 1.165) is 16.6 Å². The third-order valence-electron chi connectivity index (χ3n) is 5.75. The highest BCUT2D eigenvalue weighted by atomic mass is 32.2. The summed E-state index contributed by atoms with van der Waals surface area (Å²) in [4.78, 5) is 39.1. The molecule has 208 valence electrons. The minimum absolute atomic E-state index is 0.0200. The molecule has 2 rings (SSSR count). The maximum absolute atomic E-state index is 13.8. The zero-order valence-electron chi connectivity index (χ0n) is 22.8. The van der Waals surface area contributed by atoms with E-state index in [1.165, 1.54) is 24.1 Å². The summed E-state index contributed by atoms with van der Waals surface area (Å²) in [5, 5.41) is 14.2. The van der Waals surface area contributed by atoms with E-state index >= 15 is 0 Å². The zero-order valence-corrected chi connectivity index (χ0v) is 23.7. The number of carbonyl (C=O) groups is 2. The second-order valence-electron chi connectivity index (χ2n) is 10.0. The van der Waals surface area contributed by atoms with Crippen LogP contribution in [0.3, 0.4) is 0 Å². The van der Waals surface area contributed by atoms with E-state index in [4.69, 9.17) is 4.74 Å². The van der Waals surface area contributed by atoms with Crippen LogP contribution in [-0.2, 0) is 26.2 Å². The Labute approximate surface area is 224 Å². The molecule has 0 saturated heterocycles. The van der Waals surface area contributed by atoms with Gasteiger partial charge in [0.2, 0.25) is 21.8 Å². The first kappa shape index (κ1) is 30.6. The van der Waals surface area contributed by atoms with Crippen molar-refractivity contribution < 1.29 is 27.7 Å². The second-order valence-corrected chi connectivity index (χ2v) is 11.9. The Morgan fingerprint density at radius 2 is 1.74 bits per heavy atom. The van der Waals surface area contributed by atoms with E-state index in [2.05, 4.69) is 5.32 Å². The summed E-state index contributed by atoms with van der Waals surface area (Å²) in [6.07, 6.45) is 1.20. The van der Waals surface area contributed by atoms with Crippen molar-refractivity contribution in [2.24, 2.45) is 0 Å². The Balaban J connectivity index is 2.54. The summed E-state index contributed by atoms with van der Waals surface area (Å²) in [6, 6.07) is 9.89. The number of amides is 2. The summed E-state index contributed by atoms with van der Waals surface area (Å²) in [6.45, 7) is 8.22. The smallest absolute Gasteiger partial charge is 0.271 e. The highest BCUT2D eigenvalue weighted by Gasteiger charge is 2.33. The first-order valence-corrected chi connectivity index (χ1v) is 13.9. The minimum atomic E-state index is -4.03. The van der Waals surface area contributed by atoms with Crippen LogP contribution in [0.1, 0.15) is 45.2 Å². The fourth-order valence-corrected chi connectivity index (χ4v) is 4.77. The van der Waals surface area contributed by atoms with Crippen molar-refractivity contribution in [3.63, 3.8) is 0 Å². The van der Waals surface area contributed by atoms with Crippen LogP contribution in [0.15, 0.2) is 42.5 Å². The molecular formula is C26H36N4O7S. The lowest BCUT2D eigenvalue weighted by Crippen LogP contribution is -2.55. The molecule has 2 amide bonds. The lowest BCUT2D eigenvalue weighted by Gasteiger charge is -2.34. The first-order valence-electron chi connectivity index (χ1n) is 12.0. The fourth-order valence-electron chi connectivity index (χ4n) is 3.87. The summed E-state index contributed by atoms with van der Waals surface area (Å²) in [5.74, 6) is -0.388. The molecule has 0 saturated carbocycles. The maximum Gasteiger partial charge on any atom is 0.271 e. The Morgan fingerprint density at radius 1 is 1.13 bits per heavy atom. The summed E-state index contributed by atoms with van der Waals surface area (Å²) in [5.41, 5.74) is 0.300. The molecule has 1 atom stereocenters. The lowest BCUT2D eigenvalue weighted by atomic mass is 10.1. The quantitative estimate of drug-likeness (QED) is 0.335. The highest BCUT2D eigenvalue weighted by Crippen LogP contribution is 2.28. The van der Waals surface area contributed by atoms with Crippen LogP contribution in [0.4, 0.5) is 11.4 Å². The molecule has 0 aliphatic carbocycles. The van der Waals surface area contributed by atoms with Crippen LogP contribution < -0.4 is 14.4 Å². The maximum atomic E-state index is 13.8. The lowest BCUT2D eigenvalue weighted by molar-refractivity contribution is -0.384. The molecule has 2 aromatic carbocycles. The van der Waals surface area contributed by atoms with Gasteiger partial charge < -0.3 is 15.0 Å². The highest BCUT2D eigenvalue weighted by molar-refractivity contribution is 7.92. The van der Waals surface area contributed by atoms with Crippen molar-refractivity contribution in [2.45, 2.75) is 59.2 Å². The molecule has 1 unspecified atom stereocenters. The van der Waals surface area contributed by atoms with Gasteiger partial charge in [-0.25, -0.2) is 8.42 Å². The van der Waals surface area contributed by atoms with Gasteiger partial charge in [0.05, 0.1) is 24.0 Å². The summed E-state index contributed by atoms with van der Waals surface area (Å²) in [7, 11) is -2.50. The number of rotatable bonds is 11. The average molecular weight is 549 g/mol. The van der Waals surface area contributed by atoms with Crippen molar-refractivity contribution in [3.05, 3.63) is 63.7 Å². The number of non-ortho nitro benzene ring substituents is 1. The van der Waals surface area contributed by atoms with Crippen molar-refractivity contribution in [3.8, 4) is 5.75 Å². The Kier molecular flexibility index (Phi) is 9.85. The number of hydrogen-bond donors (Lipinski definition) is 1. The largest absolute Gasteiger partial charge is 0.497 e. The minimum Gasteiger partial charge on any atom is -0.497 e. The van der Waals surface area contributed by atoms with Gasteiger partial charge in [0.1, 0.15) is 18.3 Å². The first-order chi connectivity index (χ1) is 17.6. The molecule has 11 nitrogen and oxygen atoms in total. The predicted molar refractivity (Wildman–Crippen MR) is 146 cm³/mol. The van der Waals surface area contributed by atoms with E-state index < -0.39 is 39.0 Å². The third-order valence-corrected chi connectivity index (χ3v) is 6.87. The van der Waals surface area contributed by atoms with Crippen LogP contribution in [-0.4, -0.2) is 61.5 Å². The topological polar surface area (TPSA) is 139 Å². The van der Waals surface area contributed by atoms with E-state index in [1.54, 1.807) is 38.1 Å².